The van der Waals surface area contributed by atoms with E-state index in [0.717, 1.165) is 0 Å². The highest BCUT2D eigenvalue weighted by molar-refractivity contribution is 6.33. The highest BCUT2D eigenvalue weighted by Crippen LogP contribution is 2.44. The zero-order chi connectivity index (χ0) is 31.5. The van der Waals surface area contributed by atoms with Crippen molar-refractivity contribution in [3.05, 3.63) is 81.8 Å². The molecular weight excluding hydrogens is 574 g/mol. The summed E-state index contributed by atoms with van der Waals surface area (Å²) in [4.78, 5) is 44.0. The van der Waals surface area contributed by atoms with Gasteiger partial charge in [-0.15, -0.1) is 0 Å². The van der Waals surface area contributed by atoms with Gasteiger partial charge in [-0.05, 0) is 44.5 Å². The summed E-state index contributed by atoms with van der Waals surface area (Å²) in [6.45, 7) is 7.38. The van der Waals surface area contributed by atoms with Gasteiger partial charge >= 0.3 is 18.0 Å². The highest BCUT2D eigenvalue weighted by atomic mass is 35.5. The second kappa shape index (κ2) is 12.7. The first-order valence-corrected chi connectivity index (χ1v) is 14.0. The van der Waals surface area contributed by atoms with E-state index in [-0.39, 0.29) is 28.8 Å². The number of hydrogen-bond donors (Lipinski definition) is 1. The summed E-state index contributed by atoms with van der Waals surface area (Å²) in [5.74, 6) is -2.69. The van der Waals surface area contributed by atoms with E-state index in [1.165, 1.54) is 19.1 Å². The first kappa shape index (κ1) is 31.3. The van der Waals surface area contributed by atoms with Crippen molar-refractivity contribution in [3.63, 3.8) is 0 Å². The molecule has 0 radical (unpaired) electrons. The third kappa shape index (κ3) is 6.39. The fraction of sp³-hybridized carbons (Fsp3) is 0.355. The number of ether oxygens (including phenoxy) is 3. The normalized spacial score (nSPS) is 17.4. The molecule has 2 aromatic rings. The number of methoxy groups -OCH3 is 2. The molecule has 12 heteroatoms. The third-order valence-electron chi connectivity index (χ3n) is 7.07. The maximum absolute atomic E-state index is 13.3. The standard InChI is InChI=1S/C31H34ClN5O6/c1-31(2,3)43-30(40)36-15-13-35(14-16-36)23-12-11-20(17-22(23)32)37-26(29(39)42-5)25(28(38)41-4)24(21(18-33)27(37)34)19-9-7-6-8-10-19/h6-12,17,24H,13-16,34H2,1-5H3. The summed E-state index contributed by atoms with van der Waals surface area (Å²) < 4.78 is 15.6. The van der Waals surface area contributed by atoms with E-state index in [9.17, 15) is 19.6 Å². The number of nitriles is 1. The van der Waals surface area contributed by atoms with Gasteiger partial charge in [-0.1, -0.05) is 41.9 Å². The lowest BCUT2D eigenvalue weighted by atomic mass is 9.81. The number of piperazine rings is 1. The van der Waals surface area contributed by atoms with E-state index in [4.69, 9.17) is 31.5 Å². The van der Waals surface area contributed by atoms with Crippen LogP contribution in [0.2, 0.25) is 5.02 Å². The van der Waals surface area contributed by atoms with Crippen LogP contribution >= 0.6 is 11.6 Å². The lowest BCUT2D eigenvalue weighted by Crippen LogP contribution is -2.50. The Kier molecular flexibility index (Phi) is 9.21. The van der Waals surface area contributed by atoms with Crippen LogP contribution < -0.4 is 15.5 Å². The molecule has 1 unspecified atom stereocenters. The number of allylic oxidation sites excluding steroid dienone is 1. The van der Waals surface area contributed by atoms with Gasteiger partial charge in [0.15, 0.2) is 0 Å². The predicted molar refractivity (Wildman–Crippen MR) is 161 cm³/mol. The Morgan fingerprint density at radius 2 is 1.60 bits per heavy atom. The minimum atomic E-state index is -0.972. The fourth-order valence-corrected chi connectivity index (χ4v) is 5.42. The van der Waals surface area contributed by atoms with Crippen molar-refractivity contribution in [2.24, 2.45) is 5.73 Å². The number of hydrogen-bond acceptors (Lipinski definition) is 10. The van der Waals surface area contributed by atoms with Crippen LogP contribution in [0.1, 0.15) is 32.3 Å². The number of nitrogens with zero attached hydrogens (tertiary/aromatic N) is 4. The third-order valence-corrected chi connectivity index (χ3v) is 7.37. The van der Waals surface area contributed by atoms with Gasteiger partial charge in [0.1, 0.15) is 17.1 Å². The second-order valence-electron chi connectivity index (χ2n) is 10.9. The molecule has 1 atom stereocenters. The van der Waals surface area contributed by atoms with Crippen molar-refractivity contribution in [3.8, 4) is 6.07 Å². The topological polar surface area (TPSA) is 138 Å². The van der Waals surface area contributed by atoms with Gasteiger partial charge in [0.05, 0.1) is 48.1 Å². The Morgan fingerprint density at radius 1 is 0.977 bits per heavy atom. The van der Waals surface area contributed by atoms with Crippen molar-refractivity contribution in [1.82, 2.24) is 4.90 Å². The zero-order valence-corrected chi connectivity index (χ0v) is 25.5. The molecule has 0 aliphatic carbocycles. The van der Waals surface area contributed by atoms with Gasteiger partial charge < -0.3 is 29.7 Å². The minimum absolute atomic E-state index is 0.0534. The number of esters is 2. The number of anilines is 2. The molecule has 2 aromatic carbocycles. The van der Waals surface area contributed by atoms with Crippen LogP contribution in [0.25, 0.3) is 0 Å². The zero-order valence-electron chi connectivity index (χ0n) is 24.7. The maximum atomic E-state index is 13.3. The van der Waals surface area contributed by atoms with Gasteiger partial charge in [-0.3, -0.25) is 4.90 Å². The van der Waals surface area contributed by atoms with Crippen molar-refractivity contribution in [1.29, 1.82) is 5.26 Å². The molecular formula is C31H34ClN5O6. The Hall–Kier alpha value is -4.69. The molecule has 1 amide bonds. The molecule has 2 heterocycles. The number of halogens is 1. The van der Waals surface area contributed by atoms with Crippen molar-refractivity contribution in [2.45, 2.75) is 32.3 Å². The van der Waals surface area contributed by atoms with Crippen LogP contribution in [0.4, 0.5) is 16.2 Å². The Bertz CT molecular complexity index is 1520. The average Bonchev–Trinajstić information content (AvgIpc) is 2.99. The smallest absolute Gasteiger partial charge is 0.410 e. The van der Waals surface area contributed by atoms with Gasteiger partial charge in [0.2, 0.25) is 0 Å². The molecule has 43 heavy (non-hydrogen) atoms. The van der Waals surface area contributed by atoms with Crippen LogP contribution in [0.15, 0.2) is 71.2 Å². The van der Waals surface area contributed by atoms with Crippen molar-refractivity contribution < 1.29 is 28.6 Å². The summed E-state index contributed by atoms with van der Waals surface area (Å²) in [7, 11) is 2.38. The summed E-state index contributed by atoms with van der Waals surface area (Å²) in [5.41, 5.74) is 7.38. The van der Waals surface area contributed by atoms with Crippen LogP contribution in [-0.2, 0) is 23.8 Å². The van der Waals surface area contributed by atoms with Gasteiger partial charge in [0.25, 0.3) is 0 Å². The fourth-order valence-electron chi connectivity index (χ4n) is 5.13. The van der Waals surface area contributed by atoms with Crippen LogP contribution in [0, 0.1) is 11.3 Å². The Labute approximate surface area is 255 Å². The molecule has 1 saturated heterocycles. The summed E-state index contributed by atoms with van der Waals surface area (Å²) in [5, 5.41) is 10.6. The summed E-state index contributed by atoms with van der Waals surface area (Å²) >= 11 is 6.78. The summed E-state index contributed by atoms with van der Waals surface area (Å²) in [6.07, 6.45) is -0.369. The number of rotatable bonds is 5. The SMILES string of the molecule is COC(=O)C1=C(C(=O)OC)N(c2ccc(N3CCN(C(=O)OC(C)(C)C)CC3)c(Cl)c2)C(N)=C(C#N)C1c1ccccc1. The van der Waals surface area contributed by atoms with E-state index < -0.39 is 23.5 Å². The van der Waals surface area contributed by atoms with E-state index in [1.807, 2.05) is 25.7 Å². The Morgan fingerprint density at radius 3 is 2.14 bits per heavy atom. The molecule has 4 rings (SSSR count). The molecule has 11 nitrogen and oxygen atoms in total. The van der Waals surface area contributed by atoms with E-state index >= 15 is 0 Å². The molecule has 2 aliphatic heterocycles. The number of amides is 1. The quantitative estimate of drug-likeness (QED) is 0.387. The number of benzene rings is 2. The van der Waals surface area contributed by atoms with Gasteiger partial charge in [0, 0.05) is 31.9 Å². The summed E-state index contributed by atoms with van der Waals surface area (Å²) in [6, 6.07) is 15.9. The van der Waals surface area contributed by atoms with E-state index in [2.05, 4.69) is 6.07 Å². The molecule has 0 saturated carbocycles. The first-order valence-electron chi connectivity index (χ1n) is 13.6. The van der Waals surface area contributed by atoms with Crippen LogP contribution in [0.5, 0.6) is 0 Å². The van der Waals surface area contributed by atoms with Crippen molar-refractivity contribution >= 4 is 41.0 Å². The molecule has 2 N–H and O–H groups in total. The average molecular weight is 608 g/mol. The molecule has 0 aromatic heterocycles. The second-order valence-corrected chi connectivity index (χ2v) is 11.3. The number of carbonyl (C=O) groups is 3. The Balaban J connectivity index is 1.74. The highest BCUT2D eigenvalue weighted by Gasteiger charge is 2.43. The largest absolute Gasteiger partial charge is 0.466 e. The van der Waals surface area contributed by atoms with Gasteiger partial charge in [-0.25, -0.2) is 14.4 Å². The lowest BCUT2D eigenvalue weighted by Gasteiger charge is -2.38. The van der Waals surface area contributed by atoms with Crippen LogP contribution in [0.3, 0.4) is 0 Å². The van der Waals surface area contributed by atoms with Crippen LogP contribution in [-0.4, -0.2) is 68.9 Å². The molecule has 0 spiro atoms. The predicted octanol–water partition coefficient (Wildman–Crippen LogP) is 4.29. The van der Waals surface area contributed by atoms with E-state index in [0.29, 0.717) is 48.1 Å². The van der Waals surface area contributed by atoms with E-state index in [1.54, 1.807) is 53.4 Å². The lowest BCUT2D eigenvalue weighted by molar-refractivity contribution is -0.139. The van der Waals surface area contributed by atoms with Crippen molar-refractivity contribution in [2.75, 3.05) is 50.2 Å². The maximum Gasteiger partial charge on any atom is 0.410 e. The molecule has 2 aliphatic rings. The van der Waals surface area contributed by atoms with Gasteiger partial charge in [-0.2, -0.15) is 5.26 Å². The monoisotopic (exact) mass is 607 g/mol. The number of carbonyl (C=O) groups excluding carboxylic acids is 3. The minimum Gasteiger partial charge on any atom is -0.466 e. The molecule has 0 bridgehead atoms. The first-order chi connectivity index (χ1) is 20.4. The number of nitrogens with two attached hydrogens (primary N) is 1. The molecule has 1 fully saturated rings. The molecule has 226 valence electrons.